The Bertz CT molecular complexity index is 567. The Balaban J connectivity index is 2.66. The maximum Gasteiger partial charge on any atom is 0.461 e. The number of fused-ring (bicyclic) bond motifs is 1. The third-order valence-electron chi connectivity index (χ3n) is 2.69. The zero-order chi connectivity index (χ0) is 15.0. The van der Waals surface area contributed by atoms with Crippen molar-refractivity contribution in [3.63, 3.8) is 0 Å². The lowest BCUT2D eigenvalue weighted by Crippen LogP contribution is -2.56. The van der Waals surface area contributed by atoms with Crippen LogP contribution in [0.4, 0.5) is 17.6 Å². The standard InChI is InChI=1S/C12H8F4O4/c13-6-19-11(12(14,15)16)8(10(17)18)5-7-3-1-2-4-9(7)20-11/h1-5H,6H2,(H,17,18). The zero-order valence-electron chi connectivity index (χ0n) is 9.78. The maximum absolute atomic E-state index is 13.2. The van der Waals surface area contributed by atoms with Gasteiger partial charge in [0.15, 0.2) is 6.86 Å². The van der Waals surface area contributed by atoms with Gasteiger partial charge in [0.25, 0.3) is 0 Å². The lowest BCUT2D eigenvalue weighted by molar-refractivity contribution is -0.341. The second-order valence-corrected chi connectivity index (χ2v) is 3.87. The van der Waals surface area contributed by atoms with E-state index in [4.69, 9.17) is 5.11 Å². The summed E-state index contributed by atoms with van der Waals surface area (Å²) >= 11 is 0. The van der Waals surface area contributed by atoms with E-state index in [2.05, 4.69) is 9.47 Å². The molecule has 0 aliphatic carbocycles. The number of ether oxygens (including phenoxy) is 2. The number of para-hydroxylation sites is 1. The molecular weight excluding hydrogens is 284 g/mol. The molecule has 0 saturated heterocycles. The largest absolute Gasteiger partial charge is 0.478 e. The first-order chi connectivity index (χ1) is 9.32. The molecule has 0 spiro atoms. The number of halogens is 4. The highest BCUT2D eigenvalue weighted by Gasteiger charge is 2.65. The number of carbonyl (C=O) groups is 1. The Morgan fingerprint density at radius 2 is 2.00 bits per heavy atom. The Morgan fingerprint density at radius 3 is 2.55 bits per heavy atom. The Labute approximate surface area is 110 Å². The SMILES string of the molecule is O=C(O)C1=Cc2ccccc2OC1(OCF)C(F)(F)F. The van der Waals surface area contributed by atoms with Gasteiger partial charge in [-0.25, -0.2) is 9.18 Å². The van der Waals surface area contributed by atoms with Crippen LogP contribution in [0.1, 0.15) is 5.56 Å². The van der Waals surface area contributed by atoms with Crippen LogP contribution in [0.2, 0.25) is 0 Å². The van der Waals surface area contributed by atoms with Gasteiger partial charge >= 0.3 is 17.9 Å². The monoisotopic (exact) mass is 292 g/mol. The normalized spacial score (nSPS) is 21.7. The molecule has 0 radical (unpaired) electrons. The smallest absolute Gasteiger partial charge is 0.461 e. The van der Waals surface area contributed by atoms with Gasteiger partial charge < -0.3 is 9.84 Å². The molecule has 2 rings (SSSR count). The van der Waals surface area contributed by atoms with Crippen LogP contribution in [-0.2, 0) is 9.53 Å². The van der Waals surface area contributed by atoms with Gasteiger partial charge in [-0.2, -0.15) is 13.2 Å². The Hall–Kier alpha value is -2.09. The van der Waals surface area contributed by atoms with Crippen LogP contribution in [0.5, 0.6) is 5.75 Å². The fraction of sp³-hybridized carbons (Fsp3) is 0.250. The summed E-state index contributed by atoms with van der Waals surface area (Å²) in [6.45, 7) is -1.85. The van der Waals surface area contributed by atoms with E-state index in [9.17, 15) is 22.4 Å². The molecule has 1 aromatic carbocycles. The van der Waals surface area contributed by atoms with Gasteiger partial charge in [0.05, 0.1) is 0 Å². The van der Waals surface area contributed by atoms with Gasteiger partial charge in [0.2, 0.25) is 0 Å². The van der Waals surface area contributed by atoms with Crippen LogP contribution in [0.3, 0.4) is 0 Å². The average molecular weight is 292 g/mol. The number of rotatable bonds is 3. The van der Waals surface area contributed by atoms with Gasteiger partial charge in [-0.05, 0) is 12.1 Å². The van der Waals surface area contributed by atoms with Gasteiger partial charge in [-0.3, -0.25) is 4.74 Å². The van der Waals surface area contributed by atoms with E-state index in [1.807, 2.05) is 0 Å². The number of alkyl halides is 4. The summed E-state index contributed by atoms with van der Waals surface area (Å²) in [7, 11) is 0. The Morgan fingerprint density at radius 1 is 1.35 bits per heavy atom. The van der Waals surface area contributed by atoms with Crippen molar-refractivity contribution in [2.75, 3.05) is 6.86 Å². The third-order valence-corrected chi connectivity index (χ3v) is 2.69. The molecule has 1 atom stereocenters. The summed E-state index contributed by atoms with van der Waals surface area (Å²) in [4.78, 5) is 11.1. The van der Waals surface area contributed by atoms with Crippen molar-refractivity contribution in [2.24, 2.45) is 0 Å². The summed E-state index contributed by atoms with van der Waals surface area (Å²) in [5.41, 5.74) is -1.10. The molecule has 8 heteroatoms. The first-order valence-corrected chi connectivity index (χ1v) is 5.32. The number of hydrogen-bond donors (Lipinski definition) is 1. The molecule has 0 fully saturated rings. The van der Waals surface area contributed by atoms with Gasteiger partial charge in [-0.1, -0.05) is 18.2 Å². The molecule has 4 nitrogen and oxygen atoms in total. The summed E-state index contributed by atoms with van der Waals surface area (Å²) in [6, 6.07) is 5.46. The first kappa shape index (κ1) is 14.3. The summed E-state index contributed by atoms with van der Waals surface area (Å²) in [5.74, 6) is -5.82. The summed E-state index contributed by atoms with van der Waals surface area (Å²) < 4.78 is 60.5. The van der Waals surface area contributed by atoms with Crippen molar-refractivity contribution in [3.05, 3.63) is 35.4 Å². The predicted molar refractivity (Wildman–Crippen MR) is 58.5 cm³/mol. The van der Waals surface area contributed by atoms with E-state index in [0.29, 0.717) is 0 Å². The molecule has 0 amide bonds. The van der Waals surface area contributed by atoms with Crippen LogP contribution in [0.25, 0.3) is 6.08 Å². The topological polar surface area (TPSA) is 55.8 Å². The molecule has 0 bridgehead atoms. The van der Waals surface area contributed by atoms with Gasteiger partial charge in [0.1, 0.15) is 11.3 Å². The minimum Gasteiger partial charge on any atom is -0.478 e. The molecular formula is C12H8F4O4. The average Bonchev–Trinajstić information content (AvgIpc) is 2.36. The second-order valence-electron chi connectivity index (χ2n) is 3.87. The molecule has 108 valence electrons. The van der Waals surface area contributed by atoms with Crippen LogP contribution < -0.4 is 4.74 Å². The van der Waals surface area contributed by atoms with Crippen LogP contribution in [-0.4, -0.2) is 29.9 Å². The molecule has 1 aromatic rings. The van der Waals surface area contributed by atoms with E-state index in [1.165, 1.54) is 24.3 Å². The van der Waals surface area contributed by atoms with Gasteiger partial charge in [-0.15, -0.1) is 0 Å². The summed E-state index contributed by atoms with van der Waals surface area (Å²) in [5, 5.41) is 8.94. The Kier molecular flexibility index (Phi) is 3.43. The number of carboxylic acid groups (broad SMARTS) is 1. The van der Waals surface area contributed by atoms with Crippen LogP contribution in [0.15, 0.2) is 29.8 Å². The van der Waals surface area contributed by atoms with Crippen LogP contribution >= 0.6 is 0 Å². The minimum absolute atomic E-state index is 0.132. The zero-order valence-corrected chi connectivity index (χ0v) is 9.78. The number of carboxylic acids is 1. The molecule has 1 N–H and O–H groups in total. The molecule has 0 aromatic heterocycles. The molecule has 20 heavy (non-hydrogen) atoms. The molecule has 1 aliphatic heterocycles. The highest BCUT2D eigenvalue weighted by Crippen LogP contribution is 2.46. The highest BCUT2D eigenvalue weighted by atomic mass is 19.4. The third kappa shape index (κ3) is 2.11. The van der Waals surface area contributed by atoms with Gasteiger partial charge in [0, 0.05) is 5.56 Å². The lowest BCUT2D eigenvalue weighted by atomic mass is 9.98. The molecule has 1 unspecified atom stereocenters. The number of aliphatic carboxylic acids is 1. The van der Waals surface area contributed by atoms with Crippen molar-refractivity contribution in [1.29, 1.82) is 0 Å². The molecule has 0 saturated carbocycles. The first-order valence-electron chi connectivity index (χ1n) is 5.32. The van der Waals surface area contributed by atoms with E-state index in [0.717, 1.165) is 6.08 Å². The summed E-state index contributed by atoms with van der Waals surface area (Å²) in [6.07, 6.45) is -4.51. The fourth-order valence-corrected chi connectivity index (χ4v) is 1.83. The van der Waals surface area contributed by atoms with E-state index in [-0.39, 0.29) is 11.3 Å². The maximum atomic E-state index is 13.2. The second kappa shape index (κ2) is 4.78. The van der Waals surface area contributed by atoms with Crippen LogP contribution in [0, 0.1) is 0 Å². The minimum atomic E-state index is -5.27. The van der Waals surface area contributed by atoms with Crippen molar-refractivity contribution >= 4 is 12.0 Å². The highest BCUT2D eigenvalue weighted by molar-refractivity contribution is 5.95. The van der Waals surface area contributed by atoms with Crippen molar-refractivity contribution in [2.45, 2.75) is 12.0 Å². The van der Waals surface area contributed by atoms with Crippen molar-refractivity contribution in [1.82, 2.24) is 0 Å². The lowest BCUT2D eigenvalue weighted by Gasteiger charge is -2.37. The van der Waals surface area contributed by atoms with Crippen molar-refractivity contribution in [3.8, 4) is 5.75 Å². The molecule has 1 heterocycles. The number of hydrogen-bond acceptors (Lipinski definition) is 3. The predicted octanol–water partition coefficient (Wildman–Crippen LogP) is 2.75. The van der Waals surface area contributed by atoms with Crippen molar-refractivity contribution < 1.29 is 36.9 Å². The molecule has 1 aliphatic rings. The fourth-order valence-electron chi connectivity index (χ4n) is 1.83. The van der Waals surface area contributed by atoms with E-state index >= 15 is 0 Å². The number of benzene rings is 1. The quantitative estimate of drug-likeness (QED) is 0.870. The van der Waals surface area contributed by atoms with E-state index in [1.54, 1.807) is 0 Å². The van der Waals surface area contributed by atoms with E-state index < -0.39 is 30.4 Å².